The molecule has 1 aliphatic heterocycles. The maximum atomic E-state index is 12.8. The highest BCUT2D eigenvalue weighted by molar-refractivity contribution is 5.89. The Morgan fingerprint density at radius 3 is 2.52 bits per heavy atom. The van der Waals surface area contributed by atoms with Gasteiger partial charge in [-0.25, -0.2) is 4.79 Å². The number of alkyl halides is 2. The van der Waals surface area contributed by atoms with Crippen molar-refractivity contribution in [3.63, 3.8) is 0 Å². The van der Waals surface area contributed by atoms with E-state index in [-0.39, 0.29) is 11.9 Å². The highest BCUT2D eigenvalue weighted by atomic mass is 19.3. The number of halogens is 2. The molecular formula is C15H15F2O6-. The van der Waals surface area contributed by atoms with Crippen LogP contribution in [0.25, 0.3) is 0 Å². The second-order valence-corrected chi connectivity index (χ2v) is 5.01. The Morgan fingerprint density at radius 1 is 1.26 bits per heavy atom. The van der Waals surface area contributed by atoms with Crippen LogP contribution in [0.5, 0.6) is 5.75 Å². The van der Waals surface area contributed by atoms with Gasteiger partial charge in [0.2, 0.25) is 0 Å². The van der Waals surface area contributed by atoms with E-state index in [9.17, 15) is 23.5 Å². The van der Waals surface area contributed by atoms with Crippen LogP contribution in [-0.2, 0) is 14.3 Å². The molecule has 1 heterocycles. The molecule has 6 nitrogen and oxygen atoms in total. The normalized spacial score (nSPS) is 18.3. The summed E-state index contributed by atoms with van der Waals surface area (Å²) in [6, 6.07) is 5.62. The zero-order chi connectivity index (χ0) is 16.9. The Morgan fingerprint density at radius 2 is 1.96 bits per heavy atom. The summed E-state index contributed by atoms with van der Waals surface area (Å²) in [6.45, 7) is -0.954. The number of aliphatic carboxylic acids is 1. The highest BCUT2D eigenvalue weighted by Crippen LogP contribution is 2.20. The molecule has 0 radical (unpaired) electrons. The third kappa shape index (κ3) is 4.88. The molecule has 126 valence electrons. The summed E-state index contributed by atoms with van der Waals surface area (Å²) in [5, 5.41) is 10.1. The third-order valence-electron chi connectivity index (χ3n) is 3.18. The van der Waals surface area contributed by atoms with Crippen LogP contribution in [0.15, 0.2) is 24.3 Å². The van der Waals surface area contributed by atoms with Gasteiger partial charge >= 0.3 is 11.9 Å². The number of rotatable bonds is 6. The first-order valence-electron chi connectivity index (χ1n) is 7.03. The van der Waals surface area contributed by atoms with Crippen molar-refractivity contribution < 1.29 is 37.7 Å². The van der Waals surface area contributed by atoms with Crippen molar-refractivity contribution in [2.45, 2.75) is 31.5 Å². The van der Waals surface area contributed by atoms with Gasteiger partial charge in [-0.1, -0.05) is 0 Å². The van der Waals surface area contributed by atoms with E-state index in [1.165, 1.54) is 24.3 Å². The number of carboxylic acid groups (broad SMARTS) is 1. The van der Waals surface area contributed by atoms with Crippen molar-refractivity contribution in [2.24, 2.45) is 0 Å². The van der Waals surface area contributed by atoms with Crippen LogP contribution in [0.2, 0.25) is 0 Å². The molecular weight excluding hydrogens is 314 g/mol. The van der Waals surface area contributed by atoms with Crippen molar-refractivity contribution in [3.8, 4) is 5.75 Å². The molecule has 0 N–H and O–H groups in total. The molecule has 1 saturated heterocycles. The molecule has 0 saturated carbocycles. The van der Waals surface area contributed by atoms with Gasteiger partial charge in [-0.15, -0.1) is 0 Å². The maximum Gasteiger partial charge on any atom is 0.338 e. The van der Waals surface area contributed by atoms with E-state index in [2.05, 4.69) is 4.74 Å². The Kier molecular flexibility index (Phi) is 5.49. The minimum atomic E-state index is -4.23. The molecule has 0 spiro atoms. The van der Waals surface area contributed by atoms with Gasteiger partial charge in [0.1, 0.15) is 11.7 Å². The summed E-state index contributed by atoms with van der Waals surface area (Å²) in [4.78, 5) is 21.7. The van der Waals surface area contributed by atoms with Crippen LogP contribution in [0.1, 0.15) is 29.6 Å². The summed E-state index contributed by atoms with van der Waals surface area (Å²) in [5.41, 5.74) is -0.00365. The molecule has 8 heteroatoms. The molecule has 23 heavy (non-hydrogen) atoms. The molecule has 1 fully saturated rings. The van der Waals surface area contributed by atoms with Gasteiger partial charge in [0.15, 0.2) is 12.9 Å². The predicted octanol–water partition coefficient (Wildman–Crippen LogP) is 1.13. The van der Waals surface area contributed by atoms with E-state index in [0.717, 1.165) is 19.3 Å². The average Bonchev–Trinajstić information content (AvgIpc) is 2.54. The average molecular weight is 329 g/mol. The fourth-order valence-electron chi connectivity index (χ4n) is 1.92. The quantitative estimate of drug-likeness (QED) is 0.728. The van der Waals surface area contributed by atoms with Crippen molar-refractivity contribution in [1.82, 2.24) is 0 Å². The second kappa shape index (κ2) is 7.36. The maximum absolute atomic E-state index is 12.8. The number of ether oxygens (including phenoxy) is 3. The number of carboxylic acids is 1. The van der Waals surface area contributed by atoms with Crippen LogP contribution in [0, 0.1) is 0 Å². The SMILES string of the molecule is O=C(OCC(F)(F)C(=O)[O-])c1ccc(OC2CCCCO2)cc1. The van der Waals surface area contributed by atoms with Crippen LogP contribution < -0.4 is 9.84 Å². The zero-order valence-electron chi connectivity index (χ0n) is 12.1. The number of hydrogen-bond acceptors (Lipinski definition) is 6. The third-order valence-corrected chi connectivity index (χ3v) is 3.18. The number of esters is 1. The van der Waals surface area contributed by atoms with E-state index >= 15 is 0 Å². The van der Waals surface area contributed by atoms with Gasteiger partial charge in [0, 0.05) is 6.42 Å². The largest absolute Gasteiger partial charge is 0.544 e. The highest BCUT2D eigenvalue weighted by Gasteiger charge is 2.33. The Hall–Kier alpha value is -2.22. The minimum Gasteiger partial charge on any atom is -0.544 e. The smallest absolute Gasteiger partial charge is 0.338 e. The summed E-state index contributed by atoms with van der Waals surface area (Å²) < 4.78 is 40.8. The Balaban J connectivity index is 1.88. The fourth-order valence-corrected chi connectivity index (χ4v) is 1.92. The van der Waals surface area contributed by atoms with E-state index in [4.69, 9.17) is 9.47 Å². The van der Waals surface area contributed by atoms with Gasteiger partial charge in [-0.05, 0) is 37.1 Å². The summed E-state index contributed by atoms with van der Waals surface area (Å²) in [5.74, 6) is -7.42. The monoisotopic (exact) mass is 329 g/mol. The topological polar surface area (TPSA) is 84.9 Å². The van der Waals surface area contributed by atoms with Crippen molar-refractivity contribution >= 4 is 11.9 Å². The Bertz CT molecular complexity index is 552. The van der Waals surface area contributed by atoms with Crippen LogP contribution in [0.4, 0.5) is 8.78 Å². The van der Waals surface area contributed by atoms with Gasteiger partial charge in [-0.3, -0.25) is 0 Å². The molecule has 0 aliphatic carbocycles. The van der Waals surface area contributed by atoms with E-state index < -0.39 is 24.5 Å². The predicted molar refractivity (Wildman–Crippen MR) is 70.9 cm³/mol. The lowest BCUT2D eigenvalue weighted by molar-refractivity contribution is -0.331. The first-order chi connectivity index (χ1) is 10.9. The molecule has 0 bridgehead atoms. The van der Waals surface area contributed by atoms with Crippen LogP contribution in [0.3, 0.4) is 0 Å². The Labute approximate surface area is 130 Å². The summed E-state index contributed by atoms with van der Waals surface area (Å²) in [6.07, 6.45) is 2.41. The van der Waals surface area contributed by atoms with Gasteiger partial charge in [0.25, 0.3) is 0 Å². The van der Waals surface area contributed by atoms with Crippen molar-refractivity contribution in [3.05, 3.63) is 29.8 Å². The van der Waals surface area contributed by atoms with E-state index in [1.807, 2.05) is 0 Å². The van der Waals surface area contributed by atoms with Crippen molar-refractivity contribution in [2.75, 3.05) is 13.2 Å². The van der Waals surface area contributed by atoms with Gasteiger partial charge in [-0.2, -0.15) is 8.78 Å². The van der Waals surface area contributed by atoms with Crippen LogP contribution in [-0.4, -0.2) is 37.4 Å². The lowest BCUT2D eigenvalue weighted by atomic mass is 10.2. The molecule has 0 amide bonds. The second-order valence-electron chi connectivity index (χ2n) is 5.01. The van der Waals surface area contributed by atoms with Gasteiger partial charge < -0.3 is 24.1 Å². The van der Waals surface area contributed by atoms with Crippen molar-refractivity contribution in [1.29, 1.82) is 0 Å². The fraction of sp³-hybridized carbons (Fsp3) is 0.467. The number of carbonyl (C=O) groups is 2. The zero-order valence-corrected chi connectivity index (χ0v) is 12.1. The lowest BCUT2D eigenvalue weighted by Gasteiger charge is -2.23. The number of carbonyl (C=O) groups excluding carboxylic acids is 2. The molecule has 2 rings (SSSR count). The molecule has 1 unspecified atom stereocenters. The molecule has 0 aromatic heterocycles. The first kappa shape index (κ1) is 17.1. The van der Waals surface area contributed by atoms with Crippen LogP contribution >= 0.6 is 0 Å². The molecule has 1 aliphatic rings. The lowest BCUT2D eigenvalue weighted by Crippen LogP contribution is -2.45. The minimum absolute atomic E-state index is 0.00365. The summed E-state index contributed by atoms with van der Waals surface area (Å²) in [7, 11) is 0. The van der Waals surface area contributed by atoms with Gasteiger partial charge in [0.05, 0.1) is 12.2 Å². The molecule has 1 aromatic rings. The number of benzene rings is 1. The molecule has 1 atom stereocenters. The number of hydrogen-bond donors (Lipinski definition) is 0. The standard InChI is InChI=1S/C15H16F2O6/c16-15(17,14(19)20)9-22-13(18)10-4-6-11(7-5-10)23-12-3-1-2-8-21-12/h4-7,12H,1-3,8-9H2,(H,19,20)/p-1. The summed E-state index contributed by atoms with van der Waals surface area (Å²) >= 11 is 0. The van der Waals surface area contributed by atoms with E-state index in [1.54, 1.807) is 0 Å². The van der Waals surface area contributed by atoms with E-state index in [0.29, 0.717) is 12.4 Å². The first-order valence-corrected chi connectivity index (χ1v) is 7.03. The molecule has 1 aromatic carbocycles.